The fourth-order valence-corrected chi connectivity index (χ4v) is 3.49. The van der Waals surface area contributed by atoms with Crippen molar-refractivity contribution in [3.05, 3.63) is 29.6 Å². The molecule has 1 aliphatic rings. The predicted molar refractivity (Wildman–Crippen MR) is 81.7 cm³/mol. The number of fused-ring (bicyclic) bond motifs is 1. The second-order valence-corrected chi connectivity index (χ2v) is 6.13. The average molecular weight is 287 g/mol. The molecule has 1 saturated heterocycles. The SMILES string of the molecule is Cc1nc2ccc(C(=O)O)cc2n1C1CCN(C)CC1C. The molecular formula is C16H21N3O2. The lowest BCUT2D eigenvalue weighted by molar-refractivity contribution is 0.0697. The molecule has 2 heterocycles. The molecule has 1 aliphatic heterocycles. The van der Waals surface area contributed by atoms with E-state index in [2.05, 4.69) is 28.4 Å². The van der Waals surface area contributed by atoms with E-state index in [0.717, 1.165) is 36.4 Å². The maximum Gasteiger partial charge on any atom is 0.335 e. The van der Waals surface area contributed by atoms with Gasteiger partial charge < -0.3 is 14.6 Å². The number of carbonyl (C=O) groups is 1. The summed E-state index contributed by atoms with van der Waals surface area (Å²) in [7, 11) is 2.15. The van der Waals surface area contributed by atoms with E-state index >= 15 is 0 Å². The first-order chi connectivity index (χ1) is 9.97. The molecular weight excluding hydrogens is 266 g/mol. The summed E-state index contributed by atoms with van der Waals surface area (Å²) < 4.78 is 2.24. The summed E-state index contributed by atoms with van der Waals surface area (Å²) in [5, 5.41) is 9.20. The van der Waals surface area contributed by atoms with E-state index in [1.165, 1.54) is 0 Å². The van der Waals surface area contributed by atoms with Crippen LogP contribution in [0.15, 0.2) is 18.2 Å². The Labute approximate surface area is 124 Å². The molecule has 0 radical (unpaired) electrons. The Kier molecular flexibility index (Phi) is 3.45. The van der Waals surface area contributed by atoms with E-state index in [0.29, 0.717) is 17.5 Å². The molecule has 0 amide bonds. The molecule has 1 aromatic heterocycles. The standard InChI is InChI=1S/C16H21N3O2/c1-10-9-18(3)7-6-14(10)19-11(2)17-13-5-4-12(16(20)21)8-15(13)19/h4-5,8,10,14H,6-7,9H2,1-3H3,(H,20,21). The van der Waals surface area contributed by atoms with Crippen molar-refractivity contribution < 1.29 is 9.90 Å². The van der Waals surface area contributed by atoms with Gasteiger partial charge in [0.25, 0.3) is 0 Å². The van der Waals surface area contributed by atoms with Crippen LogP contribution in [0.1, 0.15) is 35.6 Å². The van der Waals surface area contributed by atoms with Crippen molar-refractivity contribution in [2.45, 2.75) is 26.3 Å². The Morgan fingerprint density at radius 2 is 2.19 bits per heavy atom. The van der Waals surface area contributed by atoms with E-state index in [4.69, 9.17) is 0 Å². The molecule has 1 fully saturated rings. The van der Waals surface area contributed by atoms with Crippen LogP contribution >= 0.6 is 0 Å². The molecule has 5 nitrogen and oxygen atoms in total. The molecule has 0 saturated carbocycles. The number of aromatic carboxylic acids is 1. The first-order valence-corrected chi connectivity index (χ1v) is 7.38. The summed E-state index contributed by atoms with van der Waals surface area (Å²) in [4.78, 5) is 18.2. The van der Waals surface area contributed by atoms with E-state index in [-0.39, 0.29) is 0 Å². The molecule has 0 spiro atoms. The minimum atomic E-state index is -0.890. The van der Waals surface area contributed by atoms with Gasteiger partial charge in [-0.25, -0.2) is 9.78 Å². The van der Waals surface area contributed by atoms with E-state index < -0.39 is 5.97 Å². The molecule has 1 N–H and O–H groups in total. The second kappa shape index (κ2) is 5.15. The zero-order chi connectivity index (χ0) is 15.1. The van der Waals surface area contributed by atoms with Crippen molar-refractivity contribution in [3.63, 3.8) is 0 Å². The second-order valence-electron chi connectivity index (χ2n) is 6.13. The van der Waals surface area contributed by atoms with Gasteiger partial charge >= 0.3 is 5.97 Å². The molecule has 2 aromatic rings. The van der Waals surface area contributed by atoms with Crippen LogP contribution in [-0.2, 0) is 0 Å². The Balaban J connectivity index is 2.10. The monoisotopic (exact) mass is 287 g/mol. The van der Waals surface area contributed by atoms with Crippen LogP contribution in [0.3, 0.4) is 0 Å². The van der Waals surface area contributed by atoms with Crippen molar-refractivity contribution in [2.75, 3.05) is 20.1 Å². The van der Waals surface area contributed by atoms with Gasteiger partial charge in [-0.3, -0.25) is 0 Å². The largest absolute Gasteiger partial charge is 0.478 e. The van der Waals surface area contributed by atoms with Gasteiger partial charge in [0.05, 0.1) is 16.6 Å². The number of carboxylic acids is 1. The summed E-state index contributed by atoms with van der Waals surface area (Å²) >= 11 is 0. The lowest BCUT2D eigenvalue weighted by Crippen LogP contribution is -2.38. The summed E-state index contributed by atoms with van der Waals surface area (Å²) in [6, 6.07) is 5.57. The van der Waals surface area contributed by atoms with Gasteiger partial charge in [-0.2, -0.15) is 0 Å². The quantitative estimate of drug-likeness (QED) is 0.922. The predicted octanol–water partition coefficient (Wildman–Crippen LogP) is 2.56. The Morgan fingerprint density at radius 3 is 2.86 bits per heavy atom. The first kappa shape index (κ1) is 14.1. The molecule has 112 valence electrons. The number of carboxylic acid groups (broad SMARTS) is 1. The number of imidazole rings is 1. The molecule has 1 aromatic carbocycles. The molecule has 0 bridgehead atoms. The molecule has 2 atom stereocenters. The molecule has 2 unspecified atom stereocenters. The van der Waals surface area contributed by atoms with E-state index in [1.54, 1.807) is 12.1 Å². The lowest BCUT2D eigenvalue weighted by Gasteiger charge is -2.36. The molecule has 0 aliphatic carbocycles. The van der Waals surface area contributed by atoms with Crippen molar-refractivity contribution in [3.8, 4) is 0 Å². The van der Waals surface area contributed by atoms with Crippen LogP contribution in [0.25, 0.3) is 11.0 Å². The van der Waals surface area contributed by atoms with Gasteiger partial charge in [0.2, 0.25) is 0 Å². The number of nitrogens with zero attached hydrogens (tertiary/aromatic N) is 3. The zero-order valence-corrected chi connectivity index (χ0v) is 12.7. The van der Waals surface area contributed by atoms with Crippen LogP contribution in [0.5, 0.6) is 0 Å². The van der Waals surface area contributed by atoms with Crippen molar-refractivity contribution in [1.29, 1.82) is 0 Å². The van der Waals surface area contributed by atoms with Gasteiger partial charge in [-0.05, 0) is 51.1 Å². The first-order valence-electron chi connectivity index (χ1n) is 7.38. The third-order valence-electron chi connectivity index (χ3n) is 4.51. The van der Waals surface area contributed by atoms with Gasteiger partial charge in [0, 0.05) is 12.6 Å². The molecule has 3 rings (SSSR count). The van der Waals surface area contributed by atoms with E-state index in [9.17, 15) is 9.90 Å². The summed E-state index contributed by atoms with van der Waals surface area (Å²) in [6.45, 7) is 6.38. The fourth-order valence-electron chi connectivity index (χ4n) is 3.49. The number of likely N-dealkylation sites (tertiary alicyclic amines) is 1. The van der Waals surface area contributed by atoms with E-state index in [1.807, 2.05) is 13.0 Å². The summed E-state index contributed by atoms with van der Waals surface area (Å²) in [5.41, 5.74) is 2.14. The minimum absolute atomic E-state index is 0.323. The number of aryl methyl sites for hydroxylation is 1. The van der Waals surface area contributed by atoms with Crippen LogP contribution in [0.4, 0.5) is 0 Å². The van der Waals surface area contributed by atoms with Crippen molar-refractivity contribution in [2.24, 2.45) is 5.92 Å². The highest BCUT2D eigenvalue weighted by molar-refractivity contribution is 5.92. The number of hydrogen-bond donors (Lipinski definition) is 1. The van der Waals surface area contributed by atoms with Gasteiger partial charge in [-0.15, -0.1) is 0 Å². The highest BCUT2D eigenvalue weighted by Gasteiger charge is 2.28. The van der Waals surface area contributed by atoms with Crippen LogP contribution in [0.2, 0.25) is 0 Å². The third kappa shape index (κ3) is 2.42. The highest BCUT2D eigenvalue weighted by atomic mass is 16.4. The maximum atomic E-state index is 11.2. The number of aromatic nitrogens is 2. The highest BCUT2D eigenvalue weighted by Crippen LogP contribution is 2.32. The maximum absolute atomic E-state index is 11.2. The molecule has 21 heavy (non-hydrogen) atoms. The zero-order valence-electron chi connectivity index (χ0n) is 12.7. The lowest BCUT2D eigenvalue weighted by atomic mass is 9.93. The fraction of sp³-hybridized carbons (Fsp3) is 0.500. The van der Waals surface area contributed by atoms with Gasteiger partial charge in [0.1, 0.15) is 5.82 Å². The van der Waals surface area contributed by atoms with Crippen LogP contribution in [0, 0.1) is 12.8 Å². The minimum Gasteiger partial charge on any atom is -0.478 e. The third-order valence-corrected chi connectivity index (χ3v) is 4.51. The smallest absolute Gasteiger partial charge is 0.335 e. The average Bonchev–Trinajstić information content (AvgIpc) is 2.74. The molecule has 5 heteroatoms. The summed E-state index contributed by atoms with van der Waals surface area (Å²) in [5.74, 6) is 0.598. The van der Waals surface area contributed by atoms with Crippen LogP contribution < -0.4 is 0 Å². The number of benzene rings is 1. The number of rotatable bonds is 2. The van der Waals surface area contributed by atoms with Crippen molar-refractivity contribution >= 4 is 17.0 Å². The number of hydrogen-bond acceptors (Lipinski definition) is 3. The Morgan fingerprint density at radius 1 is 1.43 bits per heavy atom. The Bertz CT molecular complexity index is 692. The van der Waals surface area contributed by atoms with Crippen LogP contribution in [-0.4, -0.2) is 45.7 Å². The Hall–Kier alpha value is -1.88. The van der Waals surface area contributed by atoms with Gasteiger partial charge in [0.15, 0.2) is 0 Å². The normalized spacial score (nSPS) is 23.6. The number of piperidine rings is 1. The topological polar surface area (TPSA) is 58.4 Å². The van der Waals surface area contributed by atoms with Crippen molar-refractivity contribution in [1.82, 2.24) is 14.5 Å². The summed E-state index contributed by atoms with van der Waals surface area (Å²) in [6.07, 6.45) is 1.07. The van der Waals surface area contributed by atoms with Gasteiger partial charge in [-0.1, -0.05) is 6.92 Å².